The van der Waals surface area contributed by atoms with Crippen LogP contribution in [0.15, 0.2) is 42.5 Å². The van der Waals surface area contributed by atoms with Gasteiger partial charge in [0, 0.05) is 0 Å². The summed E-state index contributed by atoms with van der Waals surface area (Å²) in [6.07, 6.45) is 0. The van der Waals surface area contributed by atoms with Crippen LogP contribution in [0.3, 0.4) is 0 Å². The fraction of sp³-hybridized carbons (Fsp3) is 0.0667. The van der Waals surface area contributed by atoms with E-state index in [0.717, 1.165) is 0 Å². The van der Waals surface area contributed by atoms with E-state index in [9.17, 15) is 9.59 Å². The van der Waals surface area contributed by atoms with E-state index in [0.29, 0.717) is 5.75 Å². The molecule has 2 rings (SSSR count). The second kappa shape index (κ2) is 6.59. The number of para-hydroxylation sites is 1. The Labute approximate surface area is 125 Å². The Hall–Kier alpha value is -3.06. The van der Waals surface area contributed by atoms with E-state index in [1.54, 1.807) is 24.3 Å². The van der Waals surface area contributed by atoms with Crippen LogP contribution in [0, 0.1) is 0 Å². The molecule has 0 aliphatic heterocycles. The van der Waals surface area contributed by atoms with Crippen molar-refractivity contribution in [2.45, 2.75) is 0 Å². The zero-order valence-corrected chi connectivity index (χ0v) is 11.6. The van der Waals surface area contributed by atoms with Gasteiger partial charge in [-0.05, 0) is 36.4 Å². The lowest BCUT2D eigenvalue weighted by atomic mass is 10.1. The molecule has 0 radical (unpaired) electrons. The first-order chi connectivity index (χ1) is 10.6. The SMILES string of the molecule is COc1ccc(OC(=O)c2cccc(C(=O)O)c2ON)cc1. The number of benzene rings is 2. The number of carboxylic acids is 1. The van der Waals surface area contributed by atoms with E-state index < -0.39 is 11.9 Å². The molecular formula is C15H13NO6. The van der Waals surface area contributed by atoms with Crippen LogP contribution in [-0.4, -0.2) is 24.2 Å². The number of carbonyl (C=O) groups excluding carboxylic acids is 1. The number of methoxy groups -OCH3 is 1. The predicted molar refractivity (Wildman–Crippen MR) is 76.2 cm³/mol. The highest BCUT2D eigenvalue weighted by molar-refractivity contribution is 6.00. The van der Waals surface area contributed by atoms with E-state index >= 15 is 0 Å². The third-order valence-corrected chi connectivity index (χ3v) is 2.85. The van der Waals surface area contributed by atoms with Crippen molar-refractivity contribution >= 4 is 11.9 Å². The van der Waals surface area contributed by atoms with Gasteiger partial charge in [-0.2, -0.15) is 5.90 Å². The molecule has 0 aromatic heterocycles. The van der Waals surface area contributed by atoms with E-state index in [-0.39, 0.29) is 22.6 Å². The lowest BCUT2D eigenvalue weighted by molar-refractivity contribution is 0.0691. The summed E-state index contributed by atoms with van der Waals surface area (Å²) in [5.41, 5.74) is -0.315. The lowest BCUT2D eigenvalue weighted by Gasteiger charge is -2.10. The molecule has 0 atom stereocenters. The average Bonchev–Trinajstić information content (AvgIpc) is 2.54. The molecule has 0 fully saturated rings. The molecule has 0 saturated heterocycles. The summed E-state index contributed by atoms with van der Waals surface area (Å²) < 4.78 is 10.1. The molecule has 0 saturated carbocycles. The van der Waals surface area contributed by atoms with Crippen molar-refractivity contribution in [1.82, 2.24) is 0 Å². The van der Waals surface area contributed by atoms with Gasteiger partial charge >= 0.3 is 11.9 Å². The van der Waals surface area contributed by atoms with Gasteiger partial charge in [-0.3, -0.25) is 0 Å². The summed E-state index contributed by atoms with van der Waals surface area (Å²) in [7, 11) is 1.52. The van der Waals surface area contributed by atoms with Crippen LogP contribution in [0.5, 0.6) is 17.2 Å². The summed E-state index contributed by atoms with van der Waals surface area (Å²) in [6, 6.07) is 10.4. The molecule has 0 aliphatic rings. The molecule has 0 heterocycles. The van der Waals surface area contributed by atoms with Crippen molar-refractivity contribution in [3.63, 3.8) is 0 Å². The first-order valence-electron chi connectivity index (χ1n) is 6.16. The normalized spacial score (nSPS) is 9.91. The number of hydrogen-bond donors (Lipinski definition) is 2. The Morgan fingerprint density at radius 1 is 1.00 bits per heavy atom. The first-order valence-corrected chi connectivity index (χ1v) is 6.16. The predicted octanol–water partition coefficient (Wildman–Crippen LogP) is 1.87. The van der Waals surface area contributed by atoms with Gasteiger partial charge < -0.3 is 19.4 Å². The topological polar surface area (TPSA) is 108 Å². The third kappa shape index (κ3) is 3.15. The minimum atomic E-state index is -1.26. The molecule has 2 aromatic rings. The summed E-state index contributed by atoms with van der Waals surface area (Å²) in [5, 5.41) is 9.05. The van der Waals surface area contributed by atoms with Gasteiger partial charge in [-0.25, -0.2) is 9.59 Å². The lowest BCUT2D eigenvalue weighted by Crippen LogP contribution is -2.16. The molecule has 114 valence electrons. The summed E-state index contributed by atoms with van der Waals surface area (Å²) in [4.78, 5) is 27.8. The summed E-state index contributed by atoms with van der Waals surface area (Å²) in [6.45, 7) is 0. The van der Waals surface area contributed by atoms with Crippen LogP contribution < -0.4 is 20.2 Å². The summed E-state index contributed by atoms with van der Waals surface area (Å²) >= 11 is 0. The zero-order valence-electron chi connectivity index (χ0n) is 11.6. The highest BCUT2D eigenvalue weighted by Gasteiger charge is 2.21. The van der Waals surface area contributed by atoms with Crippen molar-refractivity contribution in [3.05, 3.63) is 53.6 Å². The number of esters is 1. The van der Waals surface area contributed by atoms with Crippen LogP contribution >= 0.6 is 0 Å². The fourth-order valence-corrected chi connectivity index (χ4v) is 1.80. The number of carbonyl (C=O) groups is 2. The Balaban J connectivity index is 2.29. The minimum Gasteiger partial charge on any atom is -0.497 e. The number of carboxylic acid groups (broad SMARTS) is 1. The van der Waals surface area contributed by atoms with Crippen LogP contribution in [0.4, 0.5) is 0 Å². The van der Waals surface area contributed by atoms with Gasteiger partial charge in [-0.1, -0.05) is 6.07 Å². The molecule has 0 bridgehead atoms. The number of rotatable bonds is 5. The van der Waals surface area contributed by atoms with E-state index in [1.807, 2.05) is 0 Å². The van der Waals surface area contributed by atoms with Crippen molar-refractivity contribution in [1.29, 1.82) is 0 Å². The minimum absolute atomic E-state index is 0.0850. The molecule has 22 heavy (non-hydrogen) atoms. The molecule has 2 aromatic carbocycles. The van der Waals surface area contributed by atoms with Crippen LogP contribution in [0.1, 0.15) is 20.7 Å². The number of hydrogen-bond acceptors (Lipinski definition) is 6. The molecule has 3 N–H and O–H groups in total. The first kappa shape index (κ1) is 15.3. The molecule has 0 aliphatic carbocycles. The maximum atomic E-state index is 12.1. The average molecular weight is 303 g/mol. The largest absolute Gasteiger partial charge is 0.497 e. The van der Waals surface area contributed by atoms with Gasteiger partial charge in [0.2, 0.25) is 0 Å². The second-order valence-corrected chi connectivity index (χ2v) is 4.17. The Morgan fingerprint density at radius 2 is 1.59 bits per heavy atom. The number of ether oxygens (including phenoxy) is 2. The van der Waals surface area contributed by atoms with Gasteiger partial charge in [0.05, 0.1) is 7.11 Å². The number of aromatic carboxylic acids is 1. The highest BCUT2D eigenvalue weighted by Crippen LogP contribution is 2.25. The van der Waals surface area contributed by atoms with Gasteiger partial charge in [0.25, 0.3) is 0 Å². The van der Waals surface area contributed by atoms with Crippen LogP contribution in [0.2, 0.25) is 0 Å². The molecule has 7 heteroatoms. The van der Waals surface area contributed by atoms with Crippen LogP contribution in [0.25, 0.3) is 0 Å². The third-order valence-electron chi connectivity index (χ3n) is 2.85. The van der Waals surface area contributed by atoms with E-state index in [2.05, 4.69) is 4.84 Å². The van der Waals surface area contributed by atoms with Crippen molar-refractivity contribution in [3.8, 4) is 17.2 Å². The Bertz CT molecular complexity index is 696. The highest BCUT2D eigenvalue weighted by atomic mass is 16.6. The van der Waals surface area contributed by atoms with Crippen LogP contribution in [-0.2, 0) is 0 Å². The second-order valence-electron chi connectivity index (χ2n) is 4.17. The van der Waals surface area contributed by atoms with Gasteiger partial charge in [0.15, 0.2) is 5.75 Å². The number of nitrogens with two attached hydrogens (primary N) is 1. The van der Waals surface area contributed by atoms with Gasteiger partial charge in [-0.15, -0.1) is 0 Å². The van der Waals surface area contributed by atoms with E-state index in [4.69, 9.17) is 20.5 Å². The Morgan fingerprint density at radius 3 is 2.14 bits per heavy atom. The zero-order chi connectivity index (χ0) is 16.1. The summed E-state index contributed by atoms with van der Waals surface area (Å²) in [5.74, 6) is 3.65. The quantitative estimate of drug-likeness (QED) is 0.493. The molecule has 7 nitrogen and oxygen atoms in total. The molecule has 0 spiro atoms. The monoisotopic (exact) mass is 303 g/mol. The Kier molecular flexibility index (Phi) is 4.60. The maximum absolute atomic E-state index is 12.1. The fourth-order valence-electron chi connectivity index (χ4n) is 1.80. The van der Waals surface area contributed by atoms with E-state index in [1.165, 1.54) is 25.3 Å². The van der Waals surface area contributed by atoms with Crippen molar-refractivity contribution < 1.29 is 29.0 Å². The maximum Gasteiger partial charge on any atom is 0.347 e. The molecule has 0 amide bonds. The van der Waals surface area contributed by atoms with Crippen molar-refractivity contribution in [2.24, 2.45) is 5.90 Å². The molecule has 0 unspecified atom stereocenters. The van der Waals surface area contributed by atoms with Crippen molar-refractivity contribution in [2.75, 3.05) is 7.11 Å². The van der Waals surface area contributed by atoms with Gasteiger partial charge in [0.1, 0.15) is 22.6 Å². The standard InChI is InChI=1S/C15H13NO6/c1-20-9-5-7-10(8-6-9)21-15(19)12-4-2-3-11(14(17)18)13(12)22-16/h2-8H,16H2,1H3,(H,17,18). The smallest absolute Gasteiger partial charge is 0.347 e. The molecular weight excluding hydrogens is 290 g/mol.